The van der Waals surface area contributed by atoms with Crippen molar-refractivity contribution in [2.24, 2.45) is 0 Å². The molecule has 7 heteroatoms. The standard InChI is InChI=1S/C26H23IN2O4/c1-3-32-23-15-19(13-21(27)24(23)33-16-18-9-7-8-17(2)12-18)14-22-25(30)29(26(31)28-22)20-10-5-4-6-11-20/h4-15H,3,16H2,1-2H3,(H,28,31)/b22-14+. The van der Waals surface area contributed by atoms with Crippen LogP contribution >= 0.6 is 22.6 Å². The first-order chi connectivity index (χ1) is 16.0. The van der Waals surface area contributed by atoms with E-state index in [-0.39, 0.29) is 5.70 Å². The number of nitrogens with one attached hydrogen (secondary N) is 1. The molecule has 0 atom stereocenters. The van der Waals surface area contributed by atoms with E-state index in [9.17, 15) is 9.59 Å². The molecule has 0 spiro atoms. The van der Waals surface area contributed by atoms with Crippen LogP contribution in [-0.2, 0) is 11.4 Å². The Labute approximate surface area is 206 Å². The number of anilines is 1. The highest BCUT2D eigenvalue weighted by Gasteiger charge is 2.34. The van der Waals surface area contributed by atoms with E-state index in [4.69, 9.17) is 9.47 Å². The van der Waals surface area contributed by atoms with Gasteiger partial charge in [-0.1, -0.05) is 48.0 Å². The Balaban J connectivity index is 1.60. The number of hydrogen-bond donors (Lipinski definition) is 1. The zero-order valence-electron chi connectivity index (χ0n) is 18.3. The Morgan fingerprint density at radius 3 is 2.52 bits per heavy atom. The summed E-state index contributed by atoms with van der Waals surface area (Å²) >= 11 is 2.19. The Hall–Kier alpha value is -3.33. The third kappa shape index (κ3) is 5.19. The molecule has 0 unspecified atom stereocenters. The van der Waals surface area contributed by atoms with Crippen molar-refractivity contribution in [1.82, 2.24) is 5.32 Å². The molecule has 3 amide bonds. The third-order valence-corrected chi connectivity index (χ3v) is 5.80. The van der Waals surface area contributed by atoms with Crippen LogP contribution in [0.5, 0.6) is 11.5 Å². The topological polar surface area (TPSA) is 67.9 Å². The van der Waals surface area contributed by atoms with Gasteiger partial charge in [-0.3, -0.25) is 4.79 Å². The van der Waals surface area contributed by atoms with Crippen LogP contribution in [0, 0.1) is 10.5 Å². The molecule has 0 saturated carbocycles. The molecule has 0 aliphatic carbocycles. The maximum Gasteiger partial charge on any atom is 0.333 e. The lowest BCUT2D eigenvalue weighted by molar-refractivity contribution is -0.113. The largest absolute Gasteiger partial charge is 0.490 e. The number of carbonyl (C=O) groups excluding carboxylic acids is 2. The predicted molar refractivity (Wildman–Crippen MR) is 136 cm³/mol. The lowest BCUT2D eigenvalue weighted by Gasteiger charge is -2.15. The van der Waals surface area contributed by atoms with Crippen molar-refractivity contribution in [1.29, 1.82) is 0 Å². The Morgan fingerprint density at radius 1 is 1.00 bits per heavy atom. The summed E-state index contributed by atoms with van der Waals surface area (Å²) in [5.41, 5.74) is 3.69. The van der Waals surface area contributed by atoms with Crippen molar-refractivity contribution < 1.29 is 19.1 Å². The SMILES string of the molecule is CCOc1cc(/C=C2/NC(=O)N(c3ccccc3)C2=O)cc(I)c1OCc1cccc(C)c1. The maximum absolute atomic E-state index is 12.9. The first-order valence-electron chi connectivity index (χ1n) is 10.5. The van der Waals surface area contributed by atoms with Crippen molar-refractivity contribution in [2.75, 3.05) is 11.5 Å². The summed E-state index contributed by atoms with van der Waals surface area (Å²) < 4.78 is 12.8. The van der Waals surface area contributed by atoms with Gasteiger partial charge in [0.05, 0.1) is 15.9 Å². The fourth-order valence-electron chi connectivity index (χ4n) is 3.55. The number of imide groups is 1. The highest BCUT2D eigenvalue weighted by molar-refractivity contribution is 14.1. The van der Waals surface area contributed by atoms with E-state index in [0.29, 0.717) is 30.4 Å². The summed E-state index contributed by atoms with van der Waals surface area (Å²) in [7, 11) is 0. The highest BCUT2D eigenvalue weighted by atomic mass is 127. The number of amides is 3. The fraction of sp³-hybridized carbons (Fsp3) is 0.154. The van der Waals surface area contributed by atoms with Crippen LogP contribution in [0.15, 0.2) is 72.4 Å². The molecule has 0 bridgehead atoms. The number of ether oxygens (including phenoxy) is 2. The summed E-state index contributed by atoms with van der Waals surface area (Å²) in [6.45, 7) is 4.83. The van der Waals surface area contributed by atoms with Crippen molar-refractivity contribution in [3.63, 3.8) is 0 Å². The summed E-state index contributed by atoms with van der Waals surface area (Å²) in [6.07, 6.45) is 1.65. The lowest BCUT2D eigenvalue weighted by Crippen LogP contribution is -2.30. The van der Waals surface area contributed by atoms with Gasteiger partial charge >= 0.3 is 6.03 Å². The van der Waals surface area contributed by atoms with Crippen molar-refractivity contribution in [3.05, 3.63) is 92.7 Å². The van der Waals surface area contributed by atoms with Gasteiger partial charge in [0, 0.05) is 0 Å². The van der Waals surface area contributed by atoms with E-state index in [1.54, 1.807) is 30.3 Å². The van der Waals surface area contributed by atoms with E-state index in [1.165, 1.54) is 5.56 Å². The molecule has 1 N–H and O–H groups in total. The Bertz CT molecular complexity index is 1220. The minimum atomic E-state index is -0.477. The van der Waals surface area contributed by atoms with Crippen LogP contribution < -0.4 is 19.7 Å². The second kappa shape index (κ2) is 10.1. The minimum Gasteiger partial charge on any atom is -0.490 e. The van der Waals surface area contributed by atoms with Crippen LogP contribution in [0.25, 0.3) is 6.08 Å². The molecule has 168 valence electrons. The first-order valence-corrected chi connectivity index (χ1v) is 11.6. The number of hydrogen-bond acceptors (Lipinski definition) is 4. The molecule has 1 aliphatic rings. The molecule has 6 nitrogen and oxygen atoms in total. The number of halogens is 1. The number of carbonyl (C=O) groups is 2. The zero-order chi connectivity index (χ0) is 23.4. The van der Waals surface area contributed by atoms with Crippen LogP contribution in [0.3, 0.4) is 0 Å². The van der Waals surface area contributed by atoms with Crippen molar-refractivity contribution in [3.8, 4) is 11.5 Å². The molecule has 4 rings (SSSR count). The van der Waals surface area contributed by atoms with Gasteiger partial charge in [-0.15, -0.1) is 0 Å². The molecule has 1 heterocycles. The molecule has 3 aromatic carbocycles. The van der Waals surface area contributed by atoms with Crippen LogP contribution in [0.1, 0.15) is 23.6 Å². The molecule has 1 saturated heterocycles. The van der Waals surface area contributed by atoms with Gasteiger partial charge in [0.2, 0.25) is 0 Å². The van der Waals surface area contributed by atoms with Crippen molar-refractivity contribution >= 4 is 46.3 Å². The summed E-state index contributed by atoms with van der Waals surface area (Å²) in [5.74, 6) is 0.827. The number of urea groups is 1. The van der Waals surface area contributed by atoms with E-state index in [2.05, 4.69) is 34.0 Å². The normalized spacial score (nSPS) is 14.5. The first kappa shape index (κ1) is 22.8. The van der Waals surface area contributed by atoms with E-state index in [1.807, 2.05) is 50.2 Å². The van der Waals surface area contributed by atoms with Gasteiger partial charge in [0.15, 0.2) is 11.5 Å². The van der Waals surface area contributed by atoms with E-state index in [0.717, 1.165) is 19.6 Å². The lowest BCUT2D eigenvalue weighted by atomic mass is 10.1. The Kier molecular flexibility index (Phi) is 6.98. The third-order valence-electron chi connectivity index (χ3n) is 5.00. The van der Waals surface area contributed by atoms with Crippen LogP contribution in [-0.4, -0.2) is 18.5 Å². The average Bonchev–Trinajstić information content (AvgIpc) is 3.06. The van der Waals surface area contributed by atoms with Gasteiger partial charge in [-0.25, -0.2) is 9.69 Å². The molecule has 0 aromatic heterocycles. The van der Waals surface area contributed by atoms with Gasteiger partial charge in [0.1, 0.15) is 12.3 Å². The summed E-state index contributed by atoms with van der Waals surface area (Å²) in [4.78, 5) is 26.4. The summed E-state index contributed by atoms with van der Waals surface area (Å²) in [5, 5.41) is 2.66. The molecule has 1 fully saturated rings. The van der Waals surface area contributed by atoms with Crippen LogP contribution in [0.4, 0.5) is 10.5 Å². The molecular formula is C26H23IN2O4. The number of nitrogens with zero attached hydrogens (tertiary/aromatic N) is 1. The smallest absolute Gasteiger partial charge is 0.333 e. The second-order valence-electron chi connectivity index (χ2n) is 7.51. The van der Waals surface area contributed by atoms with Crippen molar-refractivity contribution in [2.45, 2.75) is 20.5 Å². The van der Waals surface area contributed by atoms with Gasteiger partial charge in [-0.05, 0) is 77.9 Å². The molecule has 0 radical (unpaired) electrons. The average molecular weight is 554 g/mol. The molecule has 1 aliphatic heterocycles. The number of para-hydroxylation sites is 1. The number of aryl methyl sites for hydroxylation is 1. The molecule has 33 heavy (non-hydrogen) atoms. The predicted octanol–water partition coefficient (Wildman–Crippen LogP) is 5.67. The van der Waals surface area contributed by atoms with Crippen LogP contribution in [0.2, 0.25) is 0 Å². The fourth-order valence-corrected chi connectivity index (χ4v) is 4.33. The maximum atomic E-state index is 12.9. The monoisotopic (exact) mass is 554 g/mol. The molecule has 3 aromatic rings. The van der Waals surface area contributed by atoms with Gasteiger partial charge in [-0.2, -0.15) is 0 Å². The quantitative estimate of drug-likeness (QED) is 0.232. The second-order valence-corrected chi connectivity index (χ2v) is 8.67. The van der Waals surface area contributed by atoms with E-state index >= 15 is 0 Å². The highest BCUT2D eigenvalue weighted by Crippen LogP contribution is 2.36. The zero-order valence-corrected chi connectivity index (χ0v) is 20.5. The number of benzene rings is 3. The van der Waals surface area contributed by atoms with E-state index < -0.39 is 11.9 Å². The Morgan fingerprint density at radius 2 is 1.79 bits per heavy atom. The summed E-state index contributed by atoms with van der Waals surface area (Å²) in [6, 6.07) is 20.2. The molecular weight excluding hydrogens is 531 g/mol. The van der Waals surface area contributed by atoms with Gasteiger partial charge in [0.25, 0.3) is 5.91 Å². The number of rotatable bonds is 7. The van der Waals surface area contributed by atoms with Gasteiger partial charge < -0.3 is 14.8 Å². The minimum absolute atomic E-state index is 0.204.